The molecule has 3 rings (SSSR count). The van der Waals surface area contributed by atoms with E-state index in [2.05, 4.69) is 14.4 Å². The predicted octanol–water partition coefficient (Wildman–Crippen LogP) is 3.34. The van der Waals surface area contributed by atoms with Gasteiger partial charge in [0.1, 0.15) is 0 Å². The largest absolute Gasteiger partial charge is 0.461 e. The summed E-state index contributed by atoms with van der Waals surface area (Å²) in [4.78, 5) is 17.1. The quantitative estimate of drug-likeness (QED) is 0.312. The molecule has 0 saturated carbocycles. The SMILES string of the molecule is CCOC(=O)c1nn(-c2ccc(SOON)cc2)c2cc(C)ccc12. The van der Waals surface area contributed by atoms with Crippen LogP contribution < -0.4 is 5.90 Å². The van der Waals surface area contributed by atoms with E-state index in [1.165, 1.54) is 0 Å². The Bertz CT molecular complexity index is 893. The first kappa shape index (κ1) is 17.4. The molecule has 0 aliphatic heterocycles. The molecule has 2 aromatic carbocycles. The smallest absolute Gasteiger partial charge is 0.359 e. The Balaban J connectivity index is 2.06. The van der Waals surface area contributed by atoms with E-state index < -0.39 is 5.97 Å². The number of ether oxygens (including phenoxy) is 1. The van der Waals surface area contributed by atoms with Crippen molar-refractivity contribution < 1.29 is 18.9 Å². The molecule has 0 bridgehead atoms. The van der Waals surface area contributed by atoms with E-state index in [-0.39, 0.29) is 0 Å². The van der Waals surface area contributed by atoms with E-state index >= 15 is 0 Å². The molecule has 130 valence electrons. The second-order valence-corrected chi connectivity index (χ2v) is 6.02. The molecule has 1 heterocycles. The fraction of sp³-hybridized carbons (Fsp3) is 0.176. The van der Waals surface area contributed by atoms with Crippen LogP contribution in [0, 0.1) is 6.92 Å². The molecule has 0 saturated heterocycles. The molecule has 2 N–H and O–H groups in total. The standard InChI is InChI=1S/C17H17N3O4S/c1-3-22-17(21)16-14-9-4-11(2)10-15(14)20(19-16)12-5-7-13(8-6-12)25-24-23-18/h4-10H,3,18H2,1-2H3. The molecule has 8 heteroatoms. The third-order valence-corrected chi connectivity index (χ3v) is 4.17. The van der Waals surface area contributed by atoms with E-state index in [4.69, 9.17) is 10.6 Å². The molecule has 0 unspecified atom stereocenters. The molecule has 1 aromatic heterocycles. The summed E-state index contributed by atoms with van der Waals surface area (Å²) in [6, 6.07) is 13.2. The minimum atomic E-state index is -0.434. The van der Waals surface area contributed by atoms with Gasteiger partial charge in [-0.15, -0.1) is 9.32 Å². The maximum absolute atomic E-state index is 12.2. The zero-order chi connectivity index (χ0) is 17.8. The molecule has 7 nitrogen and oxygen atoms in total. The number of hydrogen-bond donors (Lipinski definition) is 1. The van der Waals surface area contributed by atoms with E-state index in [0.717, 1.165) is 39.1 Å². The van der Waals surface area contributed by atoms with Gasteiger partial charge in [-0.1, -0.05) is 12.1 Å². The number of rotatable bonds is 6. The number of benzene rings is 2. The summed E-state index contributed by atoms with van der Waals surface area (Å²) in [6.45, 7) is 4.06. The van der Waals surface area contributed by atoms with Gasteiger partial charge in [0.25, 0.3) is 0 Å². The Morgan fingerprint density at radius 3 is 2.68 bits per heavy atom. The first-order chi connectivity index (χ1) is 12.1. The lowest BCUT2D eigenvalue weighted by Gasteiger charge is -2.05. The van der Waals surface area contributed by atoms with E-state index in [1.54, 1.807) is 11.6 Å². The second-order valence-electron chi connectivity index (χ2n) is 5.24. The molecule has 0 amide bonds. The minimum absolute atomic E-state index is 0.300. The average molecular weight is 359 g/mol. The summed E-state index contributed by atoms with van der Waals surface area (Å²) in [7, 11) is 0. The zero-order valence-corrected chi connectivity index (χ0v) is 14.6. The molecule has 0 fully saturated rings. The van der Waals surface area contributed by atoms with Crippen LogP contribution in [0.3, 0.4) is 0 Å². The first-order valence-electron chi connectivity index (χ1n) is 7.61. The maximum atomic E-state index is 12.2. The van der Waals surface area contributed by atoms with Crippen LogP contribution in [0.4, 0.5) is 0 Å². The highest BCUT2D eigenvalue weighted by Gasteiger charge is 2.19. The van der Waals surface area contributed by atoms with Crippen LogP contribution in [-0.4, -0.2) is 22.4 Å². The molecule has 0 spiro atoms. The Morgan fingerprint density at radius 2 is 2.00 bits per heavy atom. The van der Waals surface area contributed by atoms with Gasteiger partial charge in [0.2, 0.25) is 0 Å². The van der Waals surface area contributed by atoms with Crippen molar-refractivity contribution in [1.82, 2.24) is 9.78 Å². The predicted molar refractivity (Wildman–Crippen MR) is 94.0 cm³/mol. The second kappa shape index (κ2) is 7.66. The number of aromatic nitrogens is 2. The monoisotopic (exact) mass is 359 g/mol. The van der Waals surface area contributed by atoms with Gasteiger partial charge < -0.3 is 4.74 Å². The van der Waals surface area contributed by atoms with Gasteiger partial charge in [0, 0.05) is 10.3 Å². The molecule has 25 heavy (non-hydrogen) atoms. The summed E-state index contributed by atoms with van der Waals surface area (Å²) >= 11 is 0.996. The summed E-state index contributed by atoms with van der Waals surface area (Å²) in [5.74, 6) is 4.39. The highest BCUT2D eigenvalue weighted by Crippen LogP contribution is 2.26. The Hall–Kier alpha value is -2.39. The number of hydrogen-bond acceptors (Lipinski definition) is 7. The summed E-state index contributed by atoms with van der Waals surface area (Å²) in [6.07, 6.45) is 0. The van der Waals surface area contributed by atoms with Gasteiger partial charge in [-0.05, 0) is 49.7 Å². The van der Waals surface area contributed by atoms with Crippen molar-refractivity contribution in [3.8, 4) is 5.69 Å². The highest BCUT2D eigenvalue weighted by atomic mass is 32.2. The third kappa shape index (κ3) is 3.67. The van der Waals surface area contributed by atoms with Crippen LogP contribution in [0.1, 0.15) is 23.0 Å². The van der Waals surface area contributed by atoms with Crippen LogP contribution >= 0.6 is 12.0 Å². The topological polar surface area (TPSA) is 88.6 Å². The summed E-state index contributed by atoms with van der Waals surface area (Å²) < 4.78 is 11.5. The maximum Gasteiger partial charge on any atom is 0.359 e. The van der Waals surface area contributed by atoms with Gasteiger partial charge in [-0.3, -0.25) is 0 Å². The van der Waals surface area contributed by atoms with Crippen molar-refractivity contribution in [3.63, 3.8) is 0 Å². The van der Waals surface area contributed by atoms with E-state index in [0.29, 0.717) is 12.3 Å². The van der Waals surface area contributed by atoms with Crippen molar-refractivity contribution in [2.75, 3.05) is 6.61 Å². The van der Waals surface area contributed by atoms with E-state index in [1.807, 2.05) is 49.4 Å². The van der Waals surface area contributed by atoms with Crippen molar-refractivity contribution in [2.24, 2.45) is 5.90 Å². The number of carbonyl (C=O) groups is 1. The Morgan fingerprint density at radius 1 is 1.24 bits per heavy atom. The van der Waals surface area contributed by atoms with Gasteiger partial charge in [0.15, 0.2) is 5.69 Å². The van der Waals surface area contributed by atoms with Gasteiger partial charge in [-0.25, -0.2) is 9.48 Å². The number of esters is 1. The van der Waals surface area contributed by atoms with Crippen molar-refractivity contribution >= 4 is 28.9 Å². The molecule has 0 aliphatic carbocycles. The van der Waals surface area contributed by atoms with Crippen molar-refractivity contribution in [3.05, 3.63) is 53.7 Å². The Labute approximate surface area is 148 Å². The first-order valence-corrected chi connectivity index (χ1v) is 8.35. The van der Waals surface area contributed by atoms with Crippen LogP contribution in [0.5, 0.6) is 0 Å². The molecule has 0 radical (unpaired) electrons. The Kier molecular flexibility index (Phi) is 5.34. The molecular formula is C17H17N3O4S. The lowest BCUT2D eigenvalue weighted by molar-refractivity contribution is -0.195. The van der Waals surface area contributed by atoms with E-state index in [9.17, 15) is 4.79 Å². The van der Waals surface area contributed by atoms with Crippen molar-refractivity contribution in [1.29, 1.82) is 0 Å². The fourth-order valence-electron chi connectivity index (χ4n) is 2.47. The average Bonchev–Trinajstić information content (AvgIpc) is 2.99. The van der Waals surface area contributed by atoms with Gasteiger partial charge in [-0.2, -0.15) is 11.0 Å². The van der Waals surface area contributed by atoms with Crippen LogP contribution in [0.15, 0.2) is 47.4 Å². The number of nitrogens with zero attached hydrogens (tertiary/aromatic N) is 2. The molecule has 3 aromatic rings. The molecular weight excluding hydrogens is 342 g/mol. The van der Waals surface area contributed by atoms with Crippen LogP contribution in [0.25, 0.3) is 16.6 Å². The minimum Gasteiger partial charge on any atom is -0.461 e. The highest BCUT2D eigenvalue weighted by molar-refractivity contribution is 7.94. The lowest BCUT2D eigenvalue weighted by atomic mass is 10.1. The number of fused-ring (bicyclic) bond motifs is 1. The van der Waals surface area contributed by atoms with Crippen LogP contribution in [0.2, 0.25) is 0 Å². The zero-order valence-electron chi connectivity index (χ0n) is 13.8. The fourth-order valence-corrected chi connectivity index (χ4v) is 2.84. The number of aryl methyl sites for hydroxylation is 1. The number of nitrogens with two attached hydrogens (primary N) is 1. The normalized spacial score (nSPS) is 11.0. The van der Waals surface area contributed by atoms with Gasteiger partial charge >= 0.3 is 5.97 Å². The number of carbonyl (C=O) groups excluding carboxylic acids is 1. The summed E-state index contributed by atoms with van der Waals surface area (Å²) in [5, 5.41) is 5.22. The molecule has 0 aliphatic rings. The van der Waals surface area contributed by atoms with Gasteiger partial charge in [0.05, 0.1) is 29.9 Å². The lowest BCUT2D eigenvalue weighted by Crippen LogP contribution is -2.07. The van der Waals surface area contributed by atoms with Crippen molar-refractivity contribution in [2.45, 2.75) is 18.7 Å². The molecule has 0 atom stereocenters. The third-order valence-electron chi connectivity index (χ3n) is 3.56. The van der Waals surface area contributed by atoms with Crippen LogP contribution in [-0.2, 0) is 14.1 Å². The summed E-state index contributed by atoms with van der Waals surface area (Å²) in [5.41, 5.74) is 3.02.